The third kappa shape index (κ3) is 4.75. The molecule has 0 spiro atoms. The minimum atomic E-state index is -0.0183. The van der Waals surface area contributed by atoms with E-state index in [0.717, 1.165) is 22.2 Å². The van der Waals surface area contributed by atoms with Crippen LogP contribution in [0, 0.1) is 0 Å². The zero-order valence-corrected chi connectivity index (χ0v) is 16.8. The van der Waals surface area contributed by atoms with E-state index in [1.165, 1.54) is 0 Å². The molecule has 9 nitrogen and oxygen atoms in total. The Morgan fingerprint density at radius 2 is 1.97 bits per heavy atom. The molecule has 9 heteroatoms. The maximum atomic E-state index is 11.6. The number of carbonyl (C=O) groups is 1. The molecule has 0 aliphatic heterocycles. The Balaban J connectivity index is 1.34. The molecule has 0 unspecified atom stereocenters. The van der Waals surface area contributed by atoms with Gasteiger partial charge >= 0.3 is 0 Å². The van der Waals surface area contributed by atoms with Gasteiger partial charge in [-0.05, 0) is 56.3 Å². The monoisotopic (exact) mass is 405 g/mol. The van der Waals surface area contributed by atoms with Gasteiger partial charge in [-0.1, -0.05) is 0 Å². The number of rotatable bonds is 8. The number of aromatic amines is 2. The molecule has 2 aromatic heterocycles. The van der Waals surface area contributed by atoms with Gasteiger partial charge in [0.25, 0.3) is 0 Å². The summed E-state index contributed by atoms with van der Waals surface area (Å²) in [6, 6.07) is 13.5. The number of fused-ring (bicyclic) bond motifs is 1. The first-order valence-corrected chi connectivity index (χ1v) is 9.72. The lowest BCUT2D eigenvalue weighted by molar-refractivity contribution is -0.122. The molecule has 0 saturated carbocycles. The fourth-order valence-corrected chi connectivity index (χ4v) is 2.96. The number of anilines is 2. The van der Waals surface area contributed by atoms with Crippen LogP contribution in [-0.2, 0) is 4.79 Å². The first kappa shape index (κ1) is 19.4. The number of aromatic nitrogens is 5. The molecule has 4 N–H and O–H groups in total. The molecule has 0 bridgehead atoms. The molecule has 154 valence electrons. The van der Waals surface area contributed by atoms with Crippen LogP contribution in [0.25, 0.3) is 22.3 Å². The maximum Gasteiger partial charge on any atom is 0.246 e. The van der Waals surface area contributed by atoms with E-state index >= 15 is 0 Å². The topological polar surface area (TPSA) is 121 Å². The van der Waals surface area contributed by atoms with Crippen molar-refractivity contribution >= 4 is 28.4 Å². The third-order valence-corrected chi connectivity index (χ3v) is 4.36. The molecular formula is C21H23N7O2. The average molecular weight is 405 g/mol. The molecule has 0 radical (unpaired) electrons. The Kier molecular flexibility index (Phi) is 5.60. The van der Waals surface area contributed by atoms with E-state index in [9.17, 15) is 4.79 Å². The predicted molar refractivity (Wildman–Crippen MR) is 115 cm³/mol. The van der Waals surface area contributed by atoms with Gasteiger partial charge in [0.15, 0.2) is 5.82 Å². The summed E-state index contributed by atoms with van der Waals surface area (Å²) in [5.41, 5.74) is 2.73. The zero-order chi connectivity index (χ0) is 20.9. The van der Waals surface area contributed by atoms with E-state index in [1.807, 2.05) is 56.3 Å². The quantitative estimate of drug-likeness (QED) is 0.357. The van der Waals surface area contributed by atoms with E-state index in [0.29, 0.717) is 30.5 Å². The molecule has 0 saturated heterocycles. The highest BCUT2D eigenvalue weighted by Crippen LogP contribution is 2.23. The highest BCUT2D eigenvalue weighted by Gasteiger charge is 2.08. The van der Waals surface area contributed by atoms with Crippen molar-refractivity contribution in [2.75, 3.05) is 11.9 Å². The summed E-state index contributed by atoms with van der Waals surface area (Å²) < 4.78 is 5.63. The summed E-state index contributed by atoms with van der Waals surface area (Å²) in [6.45, 7) is 4.19. The Hall–Kier alpha value is -3.88. The normalized spacial score (nSPS) is 11.0. The number of nitrogens with zero attached hydrogens (tertiary/aromatic N) is 3. The molecule has 0 fully saturated rings. The summed E-state index contributed by atoms with van der Waals surface area (Å²) in [5.74, 6) is 1.80. The third-order valence-electron chi connectivity index (χ3n) is 4.36. The smallest absolute Gasteiger partial charge is 0.246 e. The lowest BCUT2D eigenvalue weighted by Crippen LogP contribution is -2.31. The molecule has 2 heterocycles. The number of nitrogens with one attached hydrogen (secondary N) is 4. The average Bonchev–Trinajstić information content (AvgIpc) is 3.37. The second-order valence-electron chi connectivity index (χ2n) is 7.15. The summed E-state index contributed by atoms with van der Waals surface area (Å²) >= 11 is 0. The van der Waals surface area contributed by atoms with E-state index in [2.05, 4.69) is 36.0 Å². The van der Waals surface area contributed by atoms with Crippen LogP contribution in [-0.4, -0.2) is 43.9 Å². The van der Waals surface area contributed by atoms with E-state index in [-0.39, 0.29) is 11.9 Å². The minimum Gasteiger partial charge on any atom is -0.493 e. The van der Waals surface area contributed by atoms with Gasteiger partial charge in [-0.2, -0.15) is 10.1 Å². The second-order valence-corrected chi connectivity index (χ2v) is 7.15. The number of H-pyrrole nitrogens is 2. The van der Waals surface area contributed by atoms with Gasteiger partial charge in [0, 0.05) is 22.7 Å². The lowest BCUT2D eigenvalue weighted by Gasteiger charge is -2.09. The minimum absolute atomic E-state index is 0.0183. The van der Waals surface area contributed by atoms with Crippen LogP contribution in [0.1, 0.15) is 20.3 Å². The van der Waals surface area contributed by atoms with Crippen LogP contribution < -0.4 is 15.4 Å². The van der Waals surface area contributed by atoms with E-state index < -0.39 is 0 Å². The van der Waals surface area contributed by atoms with Gasteiger partial charge in [-0.25, -0.2) is 0 Å². The van der Waals surface area contributed by atoms with Crippen LogP contribution >= 0.6 is 0 Å². The van der Waals surface area contributed by atoms with Crippen LogP contribution in [0.15, 0.2) is 48.7 Å². The first-order chi connectivity index (χ1) is 14.6. The maximum absolute atomic E-state index is 11.6. The van der Waals surface area contributed by atoms with Crippen molar-refractivity contribution in [3.05, 3.63) is 48.7 Å². The SMILES string of the molecule is CC(C)NC(=O)CCOc1ccc(-c2nc(Nc3ccc4[nH]ncc4c3)n[nH]2)cc1. The number of amides is 1. The van der Waals surface area contributed by atoms with Crippen molar-refractivity contribution < 1.29 is 9.53 Å². The zero-order valence-electron chi connectivity index (χ0n) is 16.8. The summed E-state index contributed by atoms with van der Waals surface area (Å²) in [7, 11) is 0. The van der Waals surface area contributed by atoms with Crippen molar-refractivity contribution in [1.29, 1.82) is 0 Å². The van der Waals surface area contributed by atoms with Gasteiger partial charge in [0.2, 0.25) is 11.9 Å². The predicted octanol–water partition coefficient (Wildman–Crippen LogP) is 3.39. The molecule has 0 aliphatic carbocycles. The van der Waals surface area contributed by atoms with Gasteiger partial charge in [0.05, 0.1) is 24.7 Å². The Morgan fingerprint density at radius 3 is 2.77 bits per heavy atom. The van der Waals surface area contributed by atoms with Gasteiger partial charge < -0.3 is 15.4 Å². The number of hydrogen-bond acceptors (Lipinski definition) is 6. The van der Waals surface area contributed by atoms with E-state index in [1.54, 1.807) is 6.20 Å². The molecule has 4 aromatic rings. The van der Waals surface area contributed by atoms with Crippen molar-refractivity contribution in [3.8, 4) is 17.1 Å². The fourth-order valence-electron chi connectivity index (χ4n) is 2.96. The molecule has 0 atom stereocenters. The highest BCUT2D eigenvalue weighted by atomic mass is 16.5. The Morgan fingerprint density at radius 1 is 1.13 bits per heavy atom. The Labute approximate surface area is 173 Å². The highest BCUT2D eigenvalue weighted by molar-refractivity contribution is 5.82. The van der Waals surface area contributed by atoms with Crippen molar-refractivity contribution in [1.82, 2.24) is 30.7 Å². The number of hydrogen-bond donors (Lipinski definition) is 4. The Bertz CT molecular complexity index is 1130. The molecular weight excluding hydrogens is 382 g/mol. The summed E-state index contributed by atoms with van der Waals surface area (Å²) in [6.07, 6.45) is 2.09. The number of ether oxygens (including phenoxy) is 1. The van der Waals surface area contributed by atoms with E-state index in [4.69, 9.17) is 4.74 Å². The van der Waals surface area contributed by atoms with Crippen LogP contribution in [0.2, 0.25) is 0 Å². The molecule has 0 aliphatic rings. The van der Waals surface area contributed by atoms with Crippen molar-refractivity contribution in [2.24, 2.45) is 0 Å². The van der Waals surface area contributed by atoms with Crippen molar-refractivity contribution in [2.45, 2.75) is 26.3 Å². The second kappa shape index (κ2) is 8.64. The fraction of sp³-hybridized carbons (Fsp3) is 0.238. The number of benzene rings is 2. The summed E-state index contributed by atoms with van der Waals surface area (Å²) in [4.78, 5) is 16.1. The summed E-state index contributed by atoms with van der Waals surface area (Å²) in [5, 5.41) is 21.1. The number of carbonyl (C=O) groups excluding carboxylic acids is 1. The standard InChI is InChI=1S/C21H23N7O2/c1-13(2)23-19(29)9-10-30-17-6-3-14(4-7-17)20-25-21(28-27-20)24-16-5-8-18-15(11-16)12-22-26-18/h3-8,11-13H,9-10H2,1-2H3,(H,22,26)(H,23,29)(H2,24,25,27,28). The molecule has 1 amide bonds. The first-order valence-electron chi connectivity index (χ1n) is 9.72. The van der Waals surface area contributed by atoms with Crippen LogP contribution in [0.3, 0.4) is 0 Å². The molecule has 2 aromatic carbocycles. The largest absolute Gasteiger partial charge is 0.493 e. The molecule has 30 heavy (non-hydrogen) atoms. The van der Waals surface area contributed by atoms with Gasteiger partial charge in [-0.15, -0.1) is 5.10 Å². The van der Waals surface area contributed by atoms with Crippen molar-refractivity contribution in [3.63, 3.8) is 0 Å². The van der Waals surface area contributed by atoms with Gasteiger partial charge in [-0.3, -0.25) is 15.0 Å². The van der Waals surface area contributed by atoms with Crippen LogP contribution in [0.5, 0.6) is 5.75 Å². The lowest BCUT2D eigenvalue weighted by atomic mass is 10.2. The van der Waals surface area contributed by atoms with Gasteiger partial charge in [0.1, 0.15) is 5.75 Å². The van der Waals surface area contributed by atoms with Crippen LogP contribution in [0.4, 0.5) is 11.6 Å². The molecule has 4 rings (SSSR count).